The molecule has 1 N–H and O–H groups in total. The van der Waals surface area contributed by atoms with E-state index in [0.717, 1.165) is 11.3 Å². The number of halogens is 1. The normalized spacial score (nSPS) is 20.4. The molecule has 2 rings (SSSR count). The zero-order valence-electron chi connectivity index (χ0n) is 8.89. The van der Waals surface area contributed by atoms with Gasteiger partial charge in [-0.3, -0.25) is 0 Å². The fraction of sp³-hybridized carbons (Fsp3) is 0.500. The Morgan fingerprint density at radius 2 is 2.14 bits per heavy atom. The average Bonchev–Trinajstić information content (AvgIpc) is 2.45. The molecule has 1 aromatic carbocycles. The topological polar surface area (TPSA) is 12.0 Å². The number of hydrogen-bond acceptors (Lipinski definition) is 1. The largest absolute Gasteiger partial charge is 0.384 e. The van der Waals surface area contributed by atoms with Gasteiger partial charge in [0.1, 0.15) is 5.67 Å². The minimum absolute atomic E-state index is 0.0163. The third-order valence-corrected chi connectivity index (χ3v) is 2.91. The summed E-state index contributed by atoms with van der Waals surface area (Å²) in [7, 11) is 0. The summed E-state index contributed by atoms with van der Waals surface area (Å²) in [4.78, 5) is 0. The number of benzene rings is 1. The quantitative estimate of drug-likeness (QED) is 0.722. The van der Waals surface area contributed by atoms with Crippen molar-refractivity contribution in [3.63, 3.8) is 0 Å². The highest BCUT2D eigenvalue weighted by Gasteiger charge is 2.35. The van der Waals surface area contributed by atoms with Gasteiger partial charge >= 0.3 is 0 Å². The van der Waals surface area contributed by atoms with Gasteiger partial charge in [0.05, 0.1) is 0 Å². The van der Waals surface area contributed by atoms with Crippen LogP contribution < -0.4 is 5.32 Å². The Morgan fingerprint density at radius 3 is 2.79 bits per heavy atom. The molecule has 0 bridgehead atoms. The molecule has 0 aliphatic carbocycles. The Kier molecular flexibility index (Phi) is 2.02. The summed E-state index contributed by atoms with van der Waals surface area (Å²) in [6, 6.07) is 6.18. The summed E-state index contributed by atoms with van der Waals surface area (Å²) in [5, 5.41) is 3.24. The van der Waals surface area contributed by atoms with Crippen LogP contribution >= 0.6 is 0 Å². The molecule has 1 unspecified atom stereocenters. The molecule has 0 saturated carbocycles. The molecule has 1 heterocycles. The first-order valence-electron chi connectivity index (χ1n) is 5.02. The minimum atomic E-state index is -1.15. The van der Waals surface area contributed by atoms with Crippen molar-refractivity contribution in [1.29, 1.82) is 0 Å². The van der Waals surface area contributed by atoms with E-state index in [0.29, 0.717) is 6.54 Å². The Balaban J connectivity index is 2.43. The van der Waals surface area contributed by atoms with Crippen molar-refractivity contribution in [3.05, 3.63) is 29.3 Å². The highest BCUT2D eigenvalue weighted by molar-refractivity contribution is 5.59. The molecule has 0 saturated heterocycles. The SMILES string of the molecule is Cc1ccc2c(c1)C(C(C)(C)F)CN2. The van der Waals surface area contributed by atoms with E-state index in [1.807, 2.05) is 13.0 Å². The molecular formula is C12H16FN. The first kappa shape index (κ1) is 9.50. The minimum Gasteiger partial charge on any atom is -0.384 e. The Morgan fingerprint density at radius 1 is 1.43 bits per heavy atom. The van der Waals surface area contributed by atoms with Crippen LogP contribution in [0.5, 0.6) is 0 Å². The molecule has 76 valence electrons. The first-order chi connectivity index (χ1) is 6.48. The van der Waals surface area contributed by atoms with E-state index in [9.17, 15) is 4.39 Å². The summed E-state index contributed by atoms with van der Waals surface area (Å²) >= 11 is 0. The number of rotatable bonds is 1. The maximum atomic E-state index is 13.9. The fourth-order valence-corrected chi connectivity index (χ4v) is 2.07. The second-order valence-electron chi connectivity index (χ2n) is 4.59. The third kappa shape index (κ3) is 1.49. The molecule has 0 aromatic heterocycles. The predicted molar refractivity (Wildman–Crippen MR) is 57.6 cm³/mol. The lowest BCUT2D eigenvalue weighted by Crippen LogP contribution is -2.25. The van der Waals surface area contributed by atoms with Crippen LogP contribution in [0.4, 0.5) is 10.1 Å². The summed E-state index contributed by atoms with van der Waals surface area (Å²) < 4.78 is 13.9. The number of anilines is 1. The molecule has 14 heavy (non-hydrogen) atoms. The van der Waals surface area contributed by atoms with Crippen LogP contribution in [0.25, 0.3) is 0 Å². The molecule has 0 radical (unpaired) electrons. The lowest BCUT2D eigenvalue weighted by Gasteiger charge is -2.22. The van der Waals surface area contributed by atoms with Crippen molar-refractivity contribution < 1.29 is 4.39 Å². The van der Waals surface area contributed by atoms with Gasteiger partial charge in [-0.1, -0.05) is 17.7 Å². The summed E-state index contributed by atoms with van der Waals surface area (Å²) in [5.74, 6) is -0.0163. The van der Waals surface area contributed by atoms with Crippen molar-refractivity contribution in [2.24, 2.45) is 0 Å². The Hall–Kier alpha value is -1.05. The van der Waals surface area contributed by atoms with Crippen molar-refractivity contribution >= 4 is 5.69 Å². The van der Waals surface area contributed by atoms with Gasteiger partial charge in [-0.2, -0.15) is 0 Å². The fourth-order valence-electron chi connectivity index (χ4n) is 2.07. The molecule has 1 aliphatic heterocycles. The highest BCUT2D eigenvalue weighted by atomic mass is 19.1. The number of nitrogens with one attached hydrogen (secondary N) is 1. The van der Waals surface area contributed by atoms with Crippen molar-refractivity contribution in [2.75, 3.05) is 11.9 Å². The van der Waals surface area contributed by atoms with Gasteiger partial charge in [0, 0.05) is 18.2 Å². The van der Waals surface area contributed by atoms with Crippen LogP contribution in [-0.2, 0) is 0 Å². The molecule has 1 nitrogen and oxygen atoms in total. The van der Waals surface area contributed by atoms with Gasteiger partial charge in [0.2, 0.25) is 0 Å². The van der Waals surface area contributed by atoms with Gasteiger partial charge in [0.25, 0.3) is 0 Å². The Labute approximate surface area is 84.3 Å². The van der Waals surface area contributed by atoms with Crippen molar-refractivity contribution in [3.8, 4) is 0 Å². The smallest absolute Gasteiger partial charge is 0.114 e. The van der Waals surface area contributed by atoms with E-state index in [2.05, 4.69) is 17.4 Å². The maximum absolute atomic E-state index is 13.9. The second kappa shape index (κ2) is 2.97. The molecule has 1 atom stereocenters. The van der Waals surface area contributed by atoms with Crippen molar-refractivity contribution in [1.82, 2.24) is 0 Å². The van der Waals surface area contributed by atoms with Crippen LogP contribution in [0.3, 0.4) is 0 Å². The maximum Gasteiger partial charge on any atom is 0.114 e. The van der Waals surface area contributed by atoms with Crippen LogP contribution in [-0.4, -0.2) is 12.2 Å². The second-order valence-corrected chi connectivity index (χ2v) is 4.59. The number of fused-ring (bicyclic) bond motifs is 1. The van der Waals surface area contributed by atoms with Gasteiger partial charge in [-0.25, -0.2) is 4.39 Å². The van der Waals surface area contributed by atoms with Gasteiger partial charge in [-0.15, -0.1) is 0 Å². The van der Waals surface area contributed by atoms with E-state index < -0.39 is 5.67 Å². The molecular weight excluding hydrogens is 177 g/mol. The molecule has 1 aliphatic rings. The van der Waals surface area contributed by atoms with E-state index in [1.165, 1.54) is 5.56 Å². The van der Waals surface area contributed by atoms with Gasteiger partial charge in [-0.05, 0) is 32.4 Å². The predicted octanol–water partition coefficient (Wildman–Crippen LogP) is 3.25. The van der Waals surface area contributed by atoms with Gasteiger partial charge in [0.15, 0.2) is 0 Å². The third-order valence-electron chi connectivity index (χ3n) is 2.91. The van der Waals surface area contributed by atoms with Crippen LogP contribution in [0.1, 0.15) is 30.9 Å². The van der Waals surface area contributed by atoms with Crippen molar-refractivity contribution in [2.45, 2.75) is 32.4 Å². The summed E-state index contributed by atoms with van der Waals surface area (Å²) in [6.45, 7) is 6.05. The molecule has 0 fully saturated rings. The highest BCUT2D eigenvalue weighted by Crippen LogP contribution is 2.40. The first-order valence-corrected chi connectivity index (χ1v) is 5.02. The zero-order valence-corrected chi connectivity index (χ0v) is 8.89. The molecule has 0 spiro atoms. The standard InChI is InChI=1S/C12H16FN/c1-8-4-5-11-9(6-8)10(7-14-11)12(2,3)13/h4-6,10,14H,7H2,1-3H3. The number of alkyl halides is 1. The monoisotopic (exact) mass is 193 g/mol. The van der Waals surface area contributed by atoms with E-state index in [1.54, 1.807) is 13.8 Å². The van der Waals surface area contributed by atoms with E-state index >= 15 is 0 Å². The molecule has 0 amide bonds. The lowest BCUT2D eigenvalue weighted by atomic mass is 9.87. The summed E-state index contributed by atoms with van der Waals surface area (Å²) in [6.07, 6.45) is 0. The number of aryl methyl sites for hydroxylation is 1. The van der Waals surface area contributed by atoms with Gasteiger partial charge < -0.3 is 5.32 Å². The molecule has 1 aromatic rings. The van der Waals surface area contributed by atoms with Crippen LogP contribution in [0, 0.1) is 6.92 Å². The van der Waals surface area contributed by atoms with E-state index in [4.69, 9.17) is 0 Å². The average molecular weight is 193 g/mol. The Bertz CT molecular complexity index is 352. The molecule has 2 heteroatoms. The van der Waals surface area contributed by atoms with Crippen LogP contribution in [0.15, 0.2) is 18.2 Å². The zero-order chi connectivity index (χ0) is 10.3. The van der Waals surface area contributed by atoms with Crippen LogP contribution in [0.2, 0.25) is 0 Å². The summed E-state index contributed by atoms with van der Waals surface area (Å²) in [5.41, 5.74) is 2.26. The number of hydrogen-bond donors (Lipinski definition) is 1. The lowest BCUT2D eigenvalue weighted by molar-refractivity contribution is 0.180. The van der Waals surface area contributed by atoms with E-state index in [-0.39, 0.29) is 5.92 Å².